The van der Waals surface area contributed by atoms with E-state index in [4.69, 9.17) is 21.1 Å². The van der Waals surface area contributed by atoms with Gasteiger partial charge in [-0.3, -0.25) is 9.69 Å². The maximum atomic E-state index is 13.6. The van der Waals surface area contributed by atoms with E-state index in [2.05, 4.69) is 25.5 Å². The van der Waals surface area contributed by atoms with Gasteiger partial charge >= 0.3 is 0 Å². The van der Waals surface area contributed by atoms with Gasteiger partial charge in [0.05, 0.1) is 36.0 Å². The Labute approximate surface area is 219 Å². The van der Waals surface area contributed by atoms with Gasteiger partial charge in [-0.15, -0.1) is 0 Å². The third-order valence-electron chi connectivity index (χ3n) is 6.48. The molecule has 0 unspecified atom stereocenters. The number of aromatic nitrogens is 2. The van der Waals surface area contributed by atoms with Crippen LogP contribution in [-0.4, -0.2) is 60.2 Å². The van der Waals surface area contributed by atoms with E-state index in [1.807, 2.05) is 18.2 Å². The molecule has 0 spiro atoms. The molecular formula is C27H29ClFN5O3. The molecule has 2 aromatic carbocycles. The van der Waals surface area contributed by atoms with Crippen LogP contribution in [0.2, 0.25) is 5.02 Å². The number of nitrogens with zero attached hydrogens (tertiary/aromatic N) is 3. The number of rotatable bonds is 9. The van der Waals surface area contributed by atoms with Crippen LogP contribution in [-0.2, 0) is 9.53 Å². The third kappa shape index (κ3) is 6.36. The number of carbonyl (C=O) groups is 1. The zero-order valence-corrected chi connectivity index (χ0v) is 21.2. The first-order valence-electron chi connectivity index (χ1n) is 12.5. The lowest BCUT2D eigenvalue weighted by Crippen LogP contribution is -2.37. The summed E-state index contributed by atoms with van der Waals surface area (Å²) in [5.74, 6) is 0.422. The van der Waals surface area contributed by atoms with Crippen molar-refractivity contribution in [1.29, 1.82) is 0 Å². The molecule has 1 aliphatic carbocycles. The Hall–Kier alpha value is -3.27. The number of carbonyl (C=O) groups excluding carboxylic acids is 1. The number of halogens is 2. The quantitative estimate of drug-likeness (QED) is 0.366. The summed E-state index contributed by atoms with van der Waals surface area (Å²) in [6.07, 6.45) is 6.92. The standard InChI is InChI=1S/C27H29ClFN5O3/c28-21-14-19(6-7-22(21)29)32-26-20-15-24(33-27(35)18-4-1-2-5-18)25(16-23(20)30-17-31-26)37-11-3-8-34-9-12-36-13-10-34/h4,6-7,14-17H,1-3,5,8-13H2,(H,33,35)(H,30,31,32). The first kappa shape index (κ1) is 25.4. The summed E-state index contributed by atoms with van der Waals surface area (Å²) < 4.78 is 25.2. The normalized spacial score (nSPS) is 16.0. The topological polar surface area (TPSA) is 88.6 Å². The maximum absolute atomic E-state index is 13.6. The molecule has 0 atom stereocenters. The number of anilines is 3. The zero-order chi connectivity index (χ0) is 25.6. The van der Waals surface area contributed by atoms with Gasteiger partial charge in [0.1, 0.15) is 23.7 Å². The van der Waals surface area contributed by atoms with E-state index in [9.17, 15) is 9.18 Å². The van der Waals surface area contributed by atoms with Crippen LogP contribution >= 0.6 is 11.6 Å². The molecule has 194 valence electrons. The lowest BCUT2D eigenvalue weighted by molar-refractivity contribution is -0.112. The fourth-order valence-corrected chi connectivity index (χ4v) is 4.67. The van der Waals surface area contributed by atoms with Crippen LogP contribution in [0.1, 0.15) is 25.7 Å². The predicted octanol–water partition coefficient (Wildman–Crippen LogP) is 5.32. The number of amides is 1. The molecule has 0 radical (unpaired) electrons. The van der Waals surface area contributed by atoms with Crippen molar-refractivity contribution in [2.75, 3.05) is 50.1 Å². The van der Waals surface area contributed by atoms with Crippen LogP contribution < -0.4 is 15.4 Å². The average molecular weight is 526 g/mol. The SMILES string of the molecule is O=C(Nc1cc2c(Nc3ccc(F)c(Cl)c3)ncnc2cc1OCCCN1CCOCC1)C1=CCCC1. The van der Waals surface area contributed by atoms with Crippen LogP contribution in [0.25, 0.3) is 10.9 Å². The van der Waals surface area contributed by atoms with Gasteiger partial charge in [0, 0.05) is 42.3 Å². The van der Waals surface area contributed by atoms with Gasteiger partial charge < -0.3 is 20.1 Å². The second kappa shape index (κ2) is 11.9. The van der Waals surface area contributed by atoms with Crippen molar-refractivity contribution in [3.05, 3.63) is 59.1 Å². The van der Waals surface area contributed by atoms with Gasteiger partial charge in [-0.25, -0.2) is 14.4 Å². The van der Waals surface area contributed by atoms with Crippen molar-refractivity contribution in [2.45, 2.75) is 25.7 Å². The highest BCUT2D eigenvalue weighted by atomic mass is 35.5. The molecule has 0 bridgehead atoms. The fourth-order valence-electron chi connectivity index (χ4n) is 4.49. The molecule has 3 aromatic rings. The Morgan fingerprint density at radius 1 is 1.19 bits per heavy atom. The zero-order valence-electron chi connectivity index (χ0n) is 20.4. The molecule has 10 heteroatoms. The second-order valence-corrected chi connectivity index (χ2v) is 9.48. The van der Waals surface area contributed by atoms with Gasteiger partial charge in [-0.1, -0.05) is 17.7 Å². The summed E-state index contributed by atoms with van der Waals surface area (Å²) in [5.41, 5.74) is 2.55. The van der Waals surface area contributed by atoms with E-state index in [1.54, 1.807) is 6.07 Å². The van der Waals surface area contributed by atoms with Crippen LogP contribution in [0.5, 0.6) is 5.75 Å². The molecular weight excluding hydrogens is 497 g/mol. The van der Waals surface area contributed by atoms with Crippen molar-refractivity contribution >= 4 is 45.6 Å². The van der Waals surface area contributed by atoms with Crippen LogP contribution in [0.15, 0.2) is 48.3 Å². The highest BCUT2D eigenvalue weighted by molar-refractivity contribution is 6.31. The fraction of sp³-hybridized carbons (Fsp3) is 0.370. The molecule has 37 heavy (non-hydrogen) atoms. The smallest absolute Gasteiger partial charge is 0.251 e. The van der Waals surface area contributed by atoms with Gasteiger partial charge in [0.2, 0.25) is 0 Å². The predicted molar refractivity (Wildman–Crippen MR) is 142 cm³/mol. The molecule has 1 saturated heterocycles. The summed E-state index contributed by atoms with van der Waals surface area (Å²) in [7, 11) is 0. The van der Waals surface area contributed by atoms with E-state index >= 15 is 0 Å². The van der Waals surface area contributed by atoms with E-state index in [0.29, 0.717) is 40.5 Å². The molecule has 5 rings (SSSR count). The summed E-state index contributed by atoms with van der Waals surface area (Å²) in [5, 5.41) is 6.89. The largest absolute Gasteiger partial charge is 0.491 e. The number of morpholine rings is 1. The molecule has 2 aliphatic rings. The molecule has 1 aliphatic heterocycles. The number of hydrogen-bond donors (Lipinski definition) is 2. The molecule has 2 N–H and O–H groups in total. The number of benzene rings is 2. The van der Waals surface area contributed by atoms with Crippen LogP contribution in [0.3, 0.4) is 0 Å². The Morgan fingerprint density at radius 3 is 2.84 bits per heavy atom. The van der Waals surface area contributed by atoms with Gasteiger partial charge in [-0.2, -0.15) is 0 Å². The van der Waals surface area contributed by atoms with Crippen molar-refractivity contribution in [2.24, 2.45) is 0 Å². The minimum absolute atomic E-state index is 0.00826. The molecule has 2 heterocycles. The highest BCUT2D eigenvalue weighted by Gasteiger charge is 2.18. The second-order valence-electron chi connectivity index (χ2n) is 9.07. The average Bonchev–Trinajstić information content (AvgIpc) is 3.45. The summed E-state index contributed by atoms with van der Waals surface area (Å²) in [4.78, 5) is 24.1. The Bertz CT molecular complexity index is 1310. The highest BCUT2D eigenvalue weighted by Crippen LogP contribution is 2.34. The number of ether oxygens (including phenoxy) is 2. The molecule has 0 saturated carbocycles. The van der Waals surface area contributed by atoms with Crippen LogP contribution in [0.4, 0.5) is 21.6 Å². The molecule has 1 fully saturated rings. The number of fused-ring (bicyclic) bond motifs is 1. The number of nitrogens with one attached hydrogen (secondary N) is 2. The van der Waals surface area contributed by atoms with Gasteiger partial charge in [0.15, 0.2) is 0 Å². The van der Waals surface area contributed by atoms with Gasteiger partial charge in [0.25, 0.3) is 5.91 Å². The summed E-state index contributed by atoms with van der Waals surface area (Å²) in [6.45, 7) is 4.80. The number of allylic oxidation sites excluding steroid dienone is 1. The van der Waals surface area contributed by atoms with Crippen molar-refractivity contribution in [1.82, 2.24) is 14.9 Å². The van der Waals surface area contributed by atoms with E-state index in [-0.39, 0.29) is 10.9 Å². The lowest BCUT2D eigenvalue weighted by atomic mass is 10.1. The molecule has 8 nitrogen and oxygen atoms in total. The third-order valence-corrected chi connectivity index (χ3v) is 6.77. The van der Waals surface area contributed by atoms with Crippen molar-refractivity contribution < 1.29 is 18.7 Å². The minimum Gasteiger partial charge on any atom is -0.491 e. The van der Waals surface area contributed by atoms with E-state index < -0.39 is 5.82 Å². The lowest BCUT2D eigenvalue weighted by Gasteiger charge is -2.26. The first-order chi connectivity index (χ1) is 18.1. The summed E-state index contributed by atoms with van der Waals surface area (Å²) >= 11 is 5.95. The Kier molecular flexibility index (Phi) is 8.13. The number of hydrogen-bond acceptors (Lipinski definition) is 7. The van der Waals surface area contributed by atoms with Crippen molar-refractivity contribution in [3.8, 4) is 5.75 Å². The Balaban J connectivity index is 1.39. The molecule has 1 amide bonds. The minimum atomic E-state index is -0.499. The van der Waals surface area contributed by atoms with E-state index in [0.717, 1.165) is 64.1 Å². The van der Waals surface area contributed by atoms with E-state index in [1.165, 1.54) is 18.5 Å². The maximum Gasteiger partial charge on any atom is 0.251 e. The monoisotopic (exact) mass is 525 g/mol. The Morgan fingerprint density at radius 2 is 2.05 bits per heavy atom. The summed E-state index contributed by atoms with van der Waals surface area (Å²) in [6, 6.07) is 7.99. The molecule has 1 aromatic heterocycles. The first-order valence-corrected chi connectivity index (χ1v) is 12.9. The van der Waals surface area contributed by atoms with Gasteiger partial charge in [-0.05, 0) is 49.9 Å². The van der Waals surface area contributed by atoms with Crippen LogP contribution in [0, 0.1) is 5.82 Å². The van der Waals surface area contributed by atoms with Crippen molar-refractivity contribution in [3.63, 3.8) is 0 Å².